The van der Waals surface area contributed by atoms with Crippen LogP contribution in [0.25, 0.3) is 0 Å². The Morgan fingerprint density at radius 3 is 2.57 bits per heavy atom. The van der Waals surface area contributed by atoms with Crippen molar-refractivity contribution in [1.82, 2.24) is 15.0 Å². The van der Waals surface area contributed by atoms with E-state index >= 15 is 0 Å². The van der Waals surface area contributed by atoms with Gasteiger partial charge in [-0.05, 0) is 23.9 Å². The smallest absolute Gasteiger partial charge is 0.121 e. The molecule has 0 aliphatic heterocycles. The van der Waals surface area contributed by atoms with Crippen LogP contribution in [0, 0.1) is 0 Å². The molecule has 0 radical (unpaired) electrons. The van der Waals surface area contributed by atoms with E-state index < -0.39 is 0 Å². The van der Waals surface area contributed by atoms with E-state index in [0.29, 0.717) is 5.69 Å². The van der Waals surface area contributed by atoms with Crippen molar-refractivity contribution in [2.45, 2.75) is 10.1 Å². The molecule has 0 saturated carbocycles. The summed E-state index contributed by atoms with van der Waals surface area (Å²) in [4.78, 5) is 12.2. The van der Waals surface area contributed by atoms with E-state index in [1.807, 2.05) is 12.1 Å². The van der Waals surface area contributed by atoms with Gasteiger partial charge in [-0.1, -0.05) is 0 Å². The summed E-state index contributed by atoms with van der Waals surface area (Å²) >= 11 is 1.46. The number of aromatic nitrogens is 3. The van der Waals surface area contributed by atoms with E-state index in [9.17, 15) is 0 Å². The molecule has 0 aliphatic rings. The van der Waals surface area contributed by atoms with Crippen LogP contribution in [0.5, 0.6) is 0 Å². The molecular formula is C9H8N4S. The zero-order chi connectivity index (χ0) is 9.80. The molecule has 2 aromatic rings. The summed E-state index contributed by atoms with van der Waals surface area (Å²) < 4.78 is 0. The molecule has 0 atom stereocenters. The van der Waals surface area contributed by atoms with Gasteiger partial charge in [0.05, 0.1) is 18.1 Å². The predicted octanol–water partition coefficient (Wildman–Crippen LogP) is 1.60. The second-order valence-corrected chi connectivity index (χ2v) is 3.62. The lowest BCUT2D eigenvalue weighted by molar-refractivity contribution is 1.04. The number of nitrogens with zero attached hydrogens (tertiary/aromatic N) is 3. The Kier molecular flexibility index (Phi) is 2.60. The Morgan fingerprint density at radius 1 is 1.00 bits per heavy atom. The Morgan fingerprint density at radius 2 is 1.93 bits per heavy atom. The maximum Gasteiger partial charge on any atom is 0.121 e. The molecule has 0 saturated heterocycles. The first-order valence-electron chi connectivity index (χ1n) is 4.00. The SMILES string of the molecule is Nc1ccc(Sc2cnccn2)nc1. The fourth-order valence-corrected chi connectivity index (χ4v) is 1.58. The molecule has 0 aromatic carbocycles. The summed E-state index contributed by atoms with van der Waals surface area (Å²) in [5.41, 5.74) is 6.18. The molecule has 70 valence electrons. The van der Waals surface area contributed by atoms with Crippen LogP contribution in [0.4, 0.5) is 5.69 Å². The number of nitrogen functional groups attached to an aromatic ring is 1. The summed E-state index contributed by atoms with van der Waals surface area (Å²) in [5, 5.41) is 1.68. The molecule has 2 N–H and O–H groups in total. The van der Waals surface area contributed by atoms with Crippen LogP contribution in [-0.2, 0) is 0 Å². The second kappa shape index (κ2) is 4.06. The number of hydrogen-bond donors (Lipinski definition) is 1. The van der Waals surface area contributed by atoms with Crippen molar-refractivity contribution >= 4 is 17.4 Å². The van der Waals surface area contributed by atoms with Crippen molar-refractivity contribution in [3.63, 3.8) is 0 Å². The van der Waals surface area contributed by atoms with Gasteiger partial charge in [0.15, 0.2) is 0 Å². The van der Waals surface area contributed by atoms with E-state index in [4.69, 9.17) is 5.73 Å². The van der Waals surface area contributed by atoms with Gasteiger partial charge in [0, 0.05) is 12.4 Å². The van der Waals surface area contributed by atoms with E-state index in [-0.39, 0.29) is 0 Å². The number of rotatable bonds is 2. The number of anilines is 1. The third kappa shape index (κ3) is 2.20. The Balaban J connectivity index is 2.16. The topological polar surface area (TPSA) is 64.7 Å². The minimum absolute atomic E-state index is 0.661. The van der Waals surface area contributed by atoms with Gasteiger partial charge >= 0.3 is 0 Å². The molecule has 0 spiro atoms. The van der Waals surface area contributed by atoms with Crippen LogP contribution in [0.2, 0.25) is 0 Å². The molecule has 5 heteroatoms. The van der Waals surface area contributed by atoms with Gasteiger partial charge in [-0.15, -0.1) is 0 Å². The first-order chi connectivity index (χ1) is 6.84. The van der Waals surface area contributed by atoms with Gasteiger partial charge in [0.2, 0.25) is 0 Å². The third-order valence-electron chi connectivity index (χ3n) is 1.51. The van der Waals surface area contributed by atoms with Crippen molar-refractivity contribution in [2.75, 3.05) is 5.73 Å². The minimum atomic E-state index is 0.661. The first kappa shape index (κ1) is 8.96. The molecule has 14 heavy (non-hydrogen) atoms. The van der Waals surface area contributed by atoms with E-state index in [1.165, 1.54) is 11.8 Å². The summed E-state index contributed by atoms with van der Waals surface area (Å²) in [5.74, 6) is 0. The van der Waals surface area contributed by atoms with Crippen LogP contribution in [-0.4, -0.2) is 15.0 Å². The molecular weight excluding hydrogens is 196 g/mol. The van der Waals surface area contributed by atoms with E-state index in [1.54, 1.807) is 24.8 Å². The molecule has 0 bridgehead atoms. The molecule has 4 nitrogen and oxygen atoms in total. The van der Waals surface area contributed by atoms with Crippen molar-refractivity contribution in [3.05, 3.63) is 36.9 Å². The molecule has 2 rings (SSSR count). The third-order valence-corrected chi connectivity index (χ3v) is 2.38. The molecule has 0 unspecified atom stereocenters. The van der Waals surface area contributed by atoms with Gasteiger partial charge in [0.1, 0.15) is 10.1 Å². The Bertz CT molecular complexity index is 401. The van der Waals surface area contributed by atoms with Gasteiger partial charge < -0.3 is 5.73 Å². The largest absolute Gasteiger partial charge is 0.397 e. The van der Waals surface area contributed by atoms with Crippen LogP contribution in [0.15, 0.2) is 47.0 Å². The van der Waals surface area contributed by atoms with Gasteiger partial charge in [-0.25, -0.2) is 9.97 Å². The fourth-order valence-electron chi connectivity index (χ4n) is 0.897. The lowest BCUT2D eigenvalue weighted by Crippen LogP contribution is -1.87. The highest BCUT2D eigenvalue weighted by atomic mass is 32.2. The molecule has 2 aromatic heterocycles. The van der Waals surface area contributed by atoms with E-state index in [0.717, 1.165) is 10.1 Å². The monoisotopic (exact) mass is 204 g/mol. The average molecular weight is 204 g/mol. The molecule has 0 aliphatic carbocycles. The normalized spacial score (nSPS) is 10.0. The van der Waals surface area contributed by atoms with Crippen molar-refractivity contribution in [2.24, 2.45) is 0 Å². The van der Waals surface area contributed by atoms with Crippen molar-refractivity contribution in [1.29, 1.82) is 0 Å². The molecule has 0 amide bonds. The summed E-state index contributed by atoms with van der Waals surface area (Å²) in [6, 6.07) is 3.67. The lowest BCUT2D eigenvalue weighted by atomic mass is 10.4. The average Bonchev–Trinajstić information content (AvgIpc) is 2.23. The highest BCUT2D eigenvalue weighted by molar-refractivity contribution is 7.99. The number of hydrogen-bond acceptors (Lipinski definition) is 5. The summed E-state index contributed by atoms with van der Waals surface area (Å²) in [6.07, 6.45) is 6.61. The summed E-state index contributed by atoms with van der Waals surface area (Å²) in [7, 11) is 0. The van der Waals surface area contributed by atoms with Crippen LogP contribution in [0.1, 0.15) is 0 Å². The van der Waals surface area contributed by atoms with Crippen molar-refractivity contribution in [3.8, 4) is 0 Å². The highest BCUT2D eigenvalue weighted by Gasteiger charge is 1.98. The van der Waals surface area contributed by atoms with Crippen LogP contribution < -0.4 is 5.73 Å². The maximum absolute atomic E-state index is 5.52. The Hall–Kier alpha value is -1.62. The standard InChI is InChI=1S/C9H8N4S/c10-7-1-2-8(13-5-7)14-9-6-11-3-4-12-9/h1-6H,10H2. The second-order valence-electron chi connectivity index (χ2n) is 2.58. The minimum Gasteiger partial charge on any atom is -0.397 e. The molecule has 0 fully saturated rings. The molecule has 2 heterocycles. The highest BCUT2D eigenvalue weighted by Crippen LogP contribution is 2.22. The maximum atomic E-state index is 5.52. The van der Waals surface area contributed by atoms with E-state index in [2.05, 4.69) is 15.0 Å². The predicted molar refractivity (Wildman–Crippen MR) is 54.8 cm³/mol. The van der Waals surface area contributed by atoms with Crippen LogP contribution in [0.3, 0.4) is 0 Å². The zero-order valence-corrected chi connectivity index (χ0v) is 8.11. The Labute approximate surface area is 85.6 Å². The van der Waals surface area contributed by atoms with Crippen molar-refractivity contribution < 1.29 is 0 Å². The lowest BCUT2D eigenvalue weighted by Gasteiger charge is -1.98. The first-order valence-corrected chi connectivity index (χ1v) is 4.81. The summed E-state index contributed by atoms with van der Waals surface area (Å²) in [6.45, 7) is 0. The van der Waals surface area contributed by atoms with Gasteiger partial charge in [-0.3, -0.25) is 4.98 Å². The quantitative estimate of drug-likeness (QED) is 0.805. The fraction of sp³-hybridized carbons (Fsp3) is 0. The number of nitrogens with two attached hydrogens (primary N) is 1. The van der Waals surface area contributed by atoms with Gasteiger partial charge in [0.25, 0.3) is 0 Å². The zero-order valence-electron chi connectivity index (χ0n) is 7.29. The van der Waals surface area contributed by atoms with Gasteiger partial charge in [-0.2, -0.15) is 0 Å². The number of pyridine rings is 1. The van der Waals surface area contributed by atoms with Crippen LogP contribution >= 0.6 is 11.8 Å².